The maximum atomic E-state index is 13.0. The lowest BCUT2D eigenvalue weighted by molar-refractivity contribution is -0.140. The van der Waals surface area contributed by atoms with E-state index in [0.717, 1.165) is 17.0 Å². The molecule has 1 aliphatic heterocycles. The van der Waals surface area contributed by atoms with E-state index in [1.807, 2.05) is 0 Å². The average Bonchev–Trinajstić information content (AvgIpc) is 2.59. The Morgan fingerprint density at radius 3 is 2.58 bits per heavy atom. The Bertz CT molecular complexity index is 533. The Balaban J connectivity index is 2.12. The van der Waals surface area contributed by atoms with Crippen LogP contribution in [0.5, 0.6) is 0 Å². The highest BCUT2D eigenvalue weighted by molar-refractivity contribution is 6.03. The number of hydrogen-bond donors (Lipinski definition) is 1. The van der Waals surface area contributed by atoms with Gasteiger partial charge in [-0.25, -0.2) is 8.78 Å². The van der Waals surface area contributed by atoms with E-state index < -0.39 is 23.7 Å². The van der Waals surface area contributed by atoms with Crippen LogP contribution in [0.1, 0.15) is 25.0 Å². The molecule has 0 aliphatic carbocycles. The van der Waals surface area contributed by atoms with E-state index in [-0.39, 0.29) is 30.3 Å². The quantitative estimate of drug-likeness (QED) is 0.844. The number of halogens is 2. The molecule has 2 unspecified atom stereocenters. The van der Waals surface area contributed by atoms with Gasteiger partial charge in [-0.05, 0) is 17.7 Å². The zero-order valence-corrected chi connectivity index (χ0v) is 10.3. The number of aliphatic hydroxyl groups is 1. The number of β-amino-alcohol motifs (C(OH)–C–C–N with tert-alkyl or cyclic N) is 1. The van der Waals surface area contributed by atoms with E-state index in [2.05, 4.69) is 0 Å². The lowest BCUT2D eigenvalue weighted by Crippen LogP contribution is -2.34. The third kappa shape index (κ3) is 2.63. The van der Waals surface area contributed by atoms with Crippen LogP contribution in [-0.2, 0) is 9.59 Å². The normalized spacial score (nSPS) is 21.1. The van der Waals surface area contributed by atoms with Crippen molar-refractivity contribution in [2.75, 3.05) is 6.54 Å². The molecule has 1 fully saturated rings. The fourth-order valence-electron chi connectivity index (χ4n) is 2.04. The summed E-state index contributed by atoms with van der Waals surface area (Å²) in [4.78, 5) is 24.2. The monoisotopic (exact) mass is 269 g/mol. The molecule has 2 atom stereocenters. The molecule has 1 aromatic rings. The highest BCUT2D eigenvalue weighted by atomic mass is 19.2. The Morgan fingerprint density at radius 2 is 2.05 bits per heavy atom. The molecular weight excluding hydrogens is 256 g/mol. The summed E-state index contributed by atoms with van der Waals surface area (Å²) in [5.41, 5.74) is 0.124. The van der Waals surface area contributed by atoms with Gasteiger partial charge in [-0.3, -0.25) is 14.5 Å². The van der Waals surface area contributed by atoms with E-state index >= 15 is 0 Å². The van der Waals surface area contributed by atoms with Crippen LogP contribution in [0.3, 0.4) is 0 Å². The fraction of sp³-hybridized carbons (Fsp3) is 0.385. The smallest absolute Gasteiger partial charge is 0.232 e. The molecule has 1 aliphatic rings. The number of hydrogen-bond acceptors (Lipinski definition) is 3. The second-order valence-corrected chi connectivity index (χ2v) is 4.64. The zero-order valence-electron chi connectivity index (χ0n) is 10.3. The zero-order chi connectivity index (χ0) is 14.2. The van der Waals surface area contributed by atoms with Gasteiger partial charge in [-0.15, -0.1) is 0 Å². The van der Waals surface area contributed by atoms with Crippen molar-refractivity contribution >= 4 is 11.8 Å². The number of carbonyl (C=O) groups is 2. The maximum absolute atomic E-state index is 13.0. The third-order valence-corrected chi connectivity index (χ3v) is 3.15. The molecule has 6 heteroatoms. The van der Waals surface area contributed by atoms with Crippen molar-refractivity contribution in [3.63, 3.8) is 0 Å². The summed E-state index contributed by atoms with van der Waals surface area (Å²) in [5.74, 6) is -3.21. The Kier molecular flexibility index (Phi) is 3.61. The first kappa shape index (κ1) is 13.6. The van der Waals surface area contributed by atoms with E-state index in [0.29, 0.717) is 0 Å². The molecule has 1 aromatic carbocycles. The summed E-state index contributed by atoms with van der Waals surface area (Å²) in [6.07, 6.45) is -1.11. The molecule has 0 radical (unpaired) electrons. The number of likely N-dealkylation sites (tertiary alicyclic amines) is 1. The van der Waals surface area contributed by atoms with E-state index in [9.17, 15) is 23.5 Å². The van der Waals surface area contributed by atoms with Crippen LogP contribution in [0.2, 0.25) is 0 Å². The van der Waals surface area contributed by atoms with Gasteiger partial charge in [0, 0.05) is 12.3 Å². The van der Waals surface area contributed by atoms with Gasteiger partial charge in [-0.1, -0.05) is 13.0 Å². The van der Waals surface area contributed by atoms with E-state index in [1.54, 1.807) is 6.92 Å². The van der Waals surface area contributed by atoms with Crippen molar-refractivity contribution in [1.82, 2.24) is 4.90 Å². The lowest BCUT2D eigenvalue weighted by atomic mass is 10.1. The molecule has 0 spiro atoms. The summed E-state index contributed by atoms with van der Waals surface area (Å²) >= 11 is 0. The first-order valence-corrected chi connectivity index (χ1v) is 5.87. The number of aliphatic hydroxyl groups excluding tert-OH is 1. The number of benzene rings is 1. The number of imide groups is 1. The van der Waals surface area contributed by atoms with E-state index in [1.165, 1.54) is 6.07 Å². The molecule has 0 aromatic heterocycles. The Morgan fingerprint density at radius 1 is 1.37 bits per heavy atom. The average molecular weight is 269 g/mol. The molecule has 0 bridgehead atoms. The Hall–Kier alpha value is -1.82. The second-order valence-electron chi connectivity index (χ2n) is 4.64. The van der Waals surface area contributed by atoms with Gasteiger partial charge in [0.15, 0.2) is 11.6 Å². The van der Waals surface area contributed by atoms with Crippen LogP contribution in [0.4, 0.5) is 8.78 Å². The van der Waals surface area contributed by atoms with Crippen molar-refractivity contribution in [3.8, 4) is 0 Å². The minimum absolute atomic E-state index is 0.114. The van der Waals surface area contributed by atoms with Gasteiger partial charge < -0.3 is 5.11 Å². The standard InChI is InChI=1S/C13H13F2NO3/c1-7-4-12(18)16(13(7)19)6-11(17)8-2-3-9(14)10(15)5-8/h2-3,5,7,11,17H,4,6H2,1H3. The van der Waals surface area contributed by atoms with Crippen LogP contribution in [0.15, 0.2) is 18.2 Å². The predicted molar refractivity (Wildman–Crippen MR) is 61.8 cm³/mol. The van der Waals surface area contributed by atoms with Gasteiger partial charge >= 0.3 is 0 Å². The predicted octanol–water partition coefficient (Wildman–Crippen LogP) is 1.39. The molecule has 0 saturated carbocycles. The van der Waals surface area contributed by atoms with Crippen LogP contribution >= 0.6 is 0 Å². The Labute approximate surface area is 108 Å². The van der Waals surface area contributed by atoms with Gasteiger partial charge in [0.05, 0.1) is 12.6 Å². The molecule has 2 rings (SSSR count). The van der Waals surface area contributed by atoms with Crippen LogP contribution in [0.25, 0.3) is 0 Å². The number of amides is 2. The van der Waals surface area contributed by atoms with Crippen LogP contribution < -0.4 is 0 Å². The minimum atomic E-state index is -1.23. The maximum Gasteiger partial charge on any atom is 0.232 e. The summed E-state index contributed by atoms with van der Waals surface area (Å²) in [5, 5.41) is 9.88. The highest BCUT2D eigenvalue weighted by Gasteiger charge is 2.36. The highest BCUT2D eigenvalue weighted by Crippen LogP contribution is 2.23. The van der Waals surface area contributed by atoms with Crippen molar-refractivity contribution in [2.45, 2.75) is 19.4 Å². The van der Waals surface area contributed by atoms with Crippen molar-refractivity contribution in [3.05, 3.63) is 35.4 Å². The number of carbonyl (C=O) groups excluding carboxylic acids is 2. The SMILES string of the molecule is CC1CC(=O)N(CC(O)c2ccc(F)c(F)c2)C1=O. The third-order valence-electron chi connectivity index (χ3n) is 3.15. The molecular formula is C13H13F2NO3. The topological polar surface area (TPSA) is 57.6 Å². The van der Waals surface area contributed by atoms with Gasteiger partial charge in [0.2, 0.25) is 11.8 Å². The molecule has 1 N–H and O–H groups in total. The van der Waals surface area contributed by atoms with Gasteiger partial charge in [0.1, 0.15) is 0 Å². The molecule has 1 saturated heterocycles. The second kappa shape index (κ2) is 5.05. The number of nitrogens with zero attached hydrogens (tertiary/aromatic N) is 1. The summed E-state index contributed by atoms with van der Waals surface area (Å²) in [6.45, 7) is 1.39. The molecule has 1 heterocycles. The van der Waals surface area contributed by atoms with Crippen LogP contribution in [-0.4, -0.2) is 28.4 Å². The first-order valence-electron chi connectivity index (χ1n) is 5.87. The van der Waals surface area contributed by atoms with Crippen molar-refractivity contribution in [1.29, 1.82) is 0 Å². The fourth-order valence-corrected chi connectivity index (χ4v) is 2.04. The summed E-state index contributed by atoms with van der Waals surface area (Å²) in [6, 6.07) is 2.97. The minimum Gasteiger partial charge on any atom is -0.387 e. The number of rotatable bonds is 3. The first-order chi connectivity index (χ1) is 8.90. The molecule has 19 heavy (non-hydrogen) atoms. The molecule has 102 valence electrons. The van der Waals surface area contributed by atoms with E-state index in [4.69, 9.17) is 0 Å². The van der Waals surface area contributed by atoms with Crippen molar-refractivity contribution < 1.29 is 23.5 Å². The lowest BCUT2D eigenvalue weighted by Gasteiger charge is -2.19. The van der Waals surface area contributed by atoms with Gasteiger partial charge in [0.25, 0.3) is 0 Å². The summed E-state index contributed by atoms with van der Waals surface area (Å²) in [7, 11) is 0. The van der Waals surface area contributed by atoms with Gasteiger partial charge in [-0.2, -0.15) is 0 Å². The van der Waals surface area contributed by atoms with Crippen LogP contribution in [0, 0.1) is 17.6 Å². The summed E-state index contributed by atoms with van der Waals surface area (Å²) < 4.78 is 25.8. The largest absolute Gasteiger partial charge is 0.387 e. The molecule has 4 nitrogen and oxygen atoms in total. The van der Waals surface area contributed by atoms with Crippen molar-refractivity contribution in [2.24, 2.45) is 5.92 Å². The molecule has 2 amide bonds.